The lowest BCUT2D eigenvalue weighted by atomic mass is 10.1. The quantitative estimate of drug-likeness (QED) is 0.581. The van der Waals surface area contributed by atoms with Crippen LogP contribution in [0.5, 0.6) is 0 Å². The first-order valence-corrected chi connectivity index (χ1v) is 9.26. The molecule has 0 unspecified atom stereocenters. The monoisotopic (exact) mass is 293 g/mol. The van der Waals surface area contributed by atoms with Gasteiger partial charge in [-0.25, -0.2) is 0 Å². The van der Waals surface area contributed by atoms with Crippen molar-refractivity contribution >= 4 is 18.4 Å². The van der Waals surface area contributed by atoms with E-state index in [0.717, 1.165) is 13.0 Å². The molecule has 0 amide bonds. The Morgan fingerprint density at radius 2 is 1.72 bits per heavy atom. The van der Waals surface area contributed by atoms with E-state index in [4.69, 9.17) is 20.9 Å². The van der Waals surface area contributed by atoms with E-state index in [1.165, 1.54) is 5.57 Å². The zero-order valence-electron chi connectivity index (χ0n) is 12.6. The van der Waals surface area contributed by atoms with Gasteiger partial charge in [0.05, 0.1) is 13.2 Å². The summed E-state index contributed by atoms with van der Waals surface area (Å²) in [6.45, 7) is 12.2. The summed E-state index contributed by atoms with van der Waals surface area (Å²) in [6.07, 6.45) is 3.16. The molecule has 18 heavy (non-hydrogen) atoms. The highest BCUT2D eigenvalue weighted by Crippen LogP contribution is 2.53. The zero-order chi connectivity index (χ0) is 14.2. The van der Waals surface area contributed by atoms with E-state index < -0.39 is 6.64 Å². The van der Waals surface area contributed by atoms with Crippen molar-refractivity contribution in [1.29, 1.82) is 0 Å². The van der Waals surface area contributed by atoms with E-state index in [1.807, 2.05) is 13.8 Å². The average Bonchev–Trinajstić information content (AvgIpc) is 2.24. The van der Waals surface area contributed by atoms with Crippen molar-refractivity contribution in [2.75, 3.05) is 19.8 Å². The molecule has 0 radical (unpaired) electrons. The summed E-state index contributed by atoms with van der Waals surface area (Å²) in [5.41, 5.74) is 1.22. The molecule has 0 aliphatic rings. The lowest BCUT2D eigenvalue weighted by Crippen LogP contribution is -2.20. The second-order valence-electron chi connectivity index (χ2n) is 4.86. The van der Waals surface area contributed by atoms with Crippen LogP contribution in [0.15, 0.2) is 11.8 Å². The van der Waals surface area contributed by atoms with Gasteiger partial charge in [-0.1, -0.05) is 19.4 Å². The van der Waals surface area contributed by atoms with Gasteiger partial charge in [-0.2, -0.15) is 0 Å². The van der Waals surface area contributed by atoms with Crippen molar-refractivity contribution in [2.45, 2.75) is 48.0 Å². The minimum absolute atomic E-state index is 0.589. The topological polar surface area (TPSA) is 21.7 Å². The first kappa shape index (κ1) is 18.1. The zero-order valence-corrected chi connectivity index (χ0v) is 14.3. The highest BCUT2D eigenvalue weighted by molar-refractivity contribution is 8.08. The summed E-state index contributed by atoms with van der Waals surface area (Å²) in [5, 5.41) is 0. The highest BCUT2D eigenvalue weighted by atomic mass is 32.5. The van der Waals surface area contributed by atoms with Crippen LogP contribution in [-0.2, 0) is 20.9 Å². The SMILES string of the molecule is CCOP(=S)(OCC)N(C=C(C)C)CCC(C)C. The minimum atomic E-state index is -2.35. The smallest absolute Gasteiger partial charge is 0.289 e. The molecule has 5 heteroatoms. The number of rotatable bonds is 9. The van der Waals surface area contributed by atoms with Crippen LogP contribution in [0.1, 0.15) is 48.0 Å². The Labute approximate surface area is 118 Å². The predicted molar refractivity (Wildman–Crippen MR) is 83.1 cm³/mol. The Kier molecular flexibility index (Phi) is 9.14. The fourth-order valence-electron chi connectivity index (χ4n) is 1.46. The van der Waals surface area contributed by atoms with Crippen molar-refractivity contribution in [1.82, 2.24) is 4.67 Å². The number of hydrogen-bond donors (Lipinski definition) is 0. The van der Waals surface area contributed by atoms with Crippen LogP contribution in [-0.4, -0.2) is 24.4 Å². The molecule has 0 atom stereocenters. The van der Waals surface area contributed by atoms with E-state index in [-0.39, 0.29) is 0 Å². The maximum atomic E-state index is 5.75. The second-order valence-corrected chi connectivity index (χ2v) is 8.21. The molecule has 0 aromatic heterocycles. The lowest BCUT2D eigenvalue weighted by Gasteiger charge is -2.33. The van der Waals surface area contributed by atoms with Crippen LogP contribution in [0.25, 0.3) is 0 Å². The predicted octanol–water partition coefficient (Wildman–Crippen LogP) is 4.56. The van der Waals surface area contributed by atoms with Crippen LogP contribution in [0.3, 0.4) is 0 Å². The largest absolute Gasteiger partial charge is 0.314 e. The Bertz CT molecular complexity index is 291. The third-order valence-corrected chi connectivity index (χ3v) is 5.62. The molecule has 0 bridgehead atoms. The fraction of sp³-hybridized carbons (Fsp3) is 0.846. The highest BCUT2D eigenvalue weighted by Gasteiger charge is 2.25. The van der Waals surface area contributed by atoms with Crippen molar-refractivity contribution in [3.8, 4) is 0 Å². The average molecular weight is 293 g/mol. The molecule has 0 N–H and O–H groups in total. The Balaban J connectivity index is 4.98. The molecule has 0 rings (SSSR count). The van der Waals surface area contributed by atoms with Gasteiger partial charge in [0.25, 0.3) is 6.64 Å². The number of allylic oxidation sites excluding steroid dienone is 1. The van der Waals surface area contributed by atoms with Gasteiger partial charge in [-0.15, -0.1) is 0 Å². The van der Waals surface area contributed by atoms with Crippen molar-refractivity contribution in [2.24, 2.45) is 5.92 Å². The van der Waals surface area contributed by atoms with E-state index in [0.29, 0.717) is 19.1 Å². The van der Waals surface area contributed by atoms with E-state index >= 15 is 0 Å². The number of nitrogens with zero attached hydrogens (tertiary/aromatic N) is 1. The number of hydrogen-bond acceptors (Lipinski definition) is 3. The van der Waals surface area contributed by atoms with Crippen molar-refractivity contribution < 1.29 is 9.05 Å². The molecule has 0 aromatic carbocycles. The van der Waals surface area contributed by atoms with Gasteiger partial charge in [0.1, 0.15) is 0 Å². The standard InChI is InChI=1S/C13H28NO2PS/c1-7-15-17(18,16-8-2)14(11-13(5)6)10-9-12(3)4/h11-12H,7-10H2,1-6H3. The summed E-state index contributed by atoms with van der Waals surface area (Å²) in [7, 11) is 0. The van der Waals surface area contributed by atoms with E-state index in [9.17, 15) is 0 Å². The first-order valence-electron chi connectivity index (χ1n) is 6.67. The molecule has 0 heterocycles. The Hall–Kier alpha value is 0.110. The van der Waals surface area contributed by atoms with Crippen LogP contribution >= 0.6 is 6.64 Å². The Morgan fingerprint density at radius 1 is 1.22 bits per heavy atom. The lowest BCUT2D eigenvalue weighted by molar-refractivity contribution is 0.229. The molecule has 108 valence electrons. The van der Waals surface area contributed by atoms with Crippen molar-refractivity contribution in [3.63, 3.8) is 0 Å². The van der Waals surface area contributed by atoms with Crippen molar-refractivity contribution in [3.05, 3.63) is 11.8 Å². The van der Waals surface area contributed by atoms with E-state index in [1.54, 1.807) is 0 Å². The van der Waals surface area contributed by atoms with Gasteiger partial charge in [-0.3, -0.25) is 0 Å². The maximum Gasteiger partial charge on any atom is 0.289 e. The second kappa shape index (κ2) is 9.08. The maximum absolute atomic E-state index is 5.75. The van der Waals surface area contributed by atoms with Crippen LogP contribution in [0.2, 0.25) is 0 Å². The summed E-state index contributed by atoms with van der Waals surface area (Å²) in [6, 6.07) is 0. The van der Waals surface area contributed by atoms with E-state index in [2.05, 4.69) is 38.6 Å². The molecular formula is C13H28NO2PS. The van der Waals surface area contributed by atoms with Crippen LogP contribution < -0.4 is 0 Å². The molecule has 0 aliphatic heterocycles. The molecule has 0 spiro atoms. The van der Waals surface area contributed by atoms with Gasteiger partial charge < -0.3 is 13.7 Å². The normalized spacial score (nSPS) is 11.7. The molecule has 0 saturated heterocycles. The first-order chi connectivity index (χ1) is 8.35. The molecule has 0 fully saturated rings. The molecular weight excluding hydrogens is 265 g/mol. The van der Waals surface area contributed by atoms with Gasteiger partial charge in [0.2, 0.25) is 0 Å². The van der Waals surface area contributed by atoms with Gasteiger partial charge >= 0.3 is 0 Å². The summed E-state index contributed by atoms with van der Waals surface area (Å²) < 4.78 is 13.6. The van der Waals surface area contributed by atoms with Crippen LogP contribution in [0, 0.1) is 5.92 Å². The Morgan fingerprint density at radius 3 is 2.06 bits per heavy atom. The van der Waals surface area contributed by atoms with Gasteiger partial charge in [-0.05, 0) is 51.8 Å². The van der Waals surface area contributed by atoms with Crippen LogP contribution in [0.4, 0.5) is 0 Å². The third kappa shape index (κ3) is 6.89. The fourth-order valence-corrected chi connectivity index (χ4v) is 4.23. The summed E-state index contributed by atoms with van der Waals surface area (Å²) in [5.74, 6) is 0.643. The molecule has 0 aromatic rings. The molecule has 0 aliphatic carbocycles. The summed E-state index contributed by atoms with van der Waals surface area (Å²) >= 11 is 5.64. The molecule has 3 nitrogen and oxygen atoms in total. The summed E-state index contributed by atoms with van der Waals surface area (Å²) in [4.78, 5) is 0. The molecule has 0 saturated carbocycles. The van der Waals surface area contributed by atoms with Gasteiger partial charge in [0, 0.05) is 12.7 Å². The third-order valence-electron chi connectivity index (χ3n) is 2.24. The minimum Gasteiger partial charge on any atom is -0.314 e. The van der Waals surface area contributed by atoms with Gasteiger partial charge in [0.15, 0.2) is 0 Å².